The van der Waals surface area contributed by atoms with Gasteiger partial charge in [0.05, 0.1) is 0 Å². The van der Waals surface area contributed by atoms with Crippen molar-refractivity contribution in [2.45, 2.75) is 6.54 Å². The number of aromatic amines is 1. The molecule has 4 heteroatoms. The molecule has 2 unspecified atom stereocenters. The number of fused-ring (bicyclic) bond motifs is 1. The molecule has 0 aliphatic carbocycles. The molecule has 2 aliphatic heterocycles. The molecule has 14 heavy (non-hydrogen) atoms. The summed E-state index contributed by atoms with van der Waals surface area (Å²) in [5.41, 5.74) is 1.23. The Bertz CT molecular complexity index is 283. The Hall–Kier alpha value is -0.870. The molecular weight excluding hydrogens is 176 g/mol. The van der Waals surface area contributed by atoms with Crippen molar-refractivity contribution < 1.29 is 0 Å². The van der Waals surface area contributed by atoms with Crippen LogP contribution in [0.25, 0.3) is 0 Å². The Kier molecular flexibility index (Phi) is 2.03. The summed E-state index contributed by atoms with van der Waals surface area (Å²) in [6, 6.07) is 2.06. The molecule has 2 fully saturated rings. The monoisotopic (exact) mass is 192 g/mol. The summed E-state index contributed by atoms with van der Waals surface area (Å²) in [5, 5.41) is 10.5. The lowest BCUT2D eigenvalue weighted by molar-refractivity contribution is 0.302. The van der Waals surface area contributed by atoms with Crippen molar-refractivity contribution in [1.29, 1.82) is 0 Å². The molecule has 2 atom stereocenters. The number of rotatable bonds is 2. The van der Waals surface area contributed by atoms with Crippen molar-refractivity contribution >= 4 is 0 Å². The first-order chi connectivity index (χ1) is 6.92. The normalized spacial score (nSPS) is 32.3. The Morgan fingerprint density at radius 1 is 1.36 bits per heavy atom. The second kappa shape index (κ2) is 3.37. The standard InChI is InChI=1S/C10H16N4/c1-2-12-13-10(1)7-14-5-8-3-11-4-9(8)6-14/h1-2,8-9,11H,3-7H2,(H,12,13). The van der Waals surface area contributed by atoms with Crippen molar-refractivity contribution in [2.75, 3.05) is 26.2 Å². The maximum Gasteiger partial charge on any atom is 0.0492 e. The largest absolute Gasteiger partial charge is 0.316 e. The van der Waals surface area contributed by atoms with Gasteiger partial charge in [-0.15, -0.1) is 0 Å². The van der Waals surface area contributed by atoms with Gasteiger partial charge in [-0.1, -0.05) is 0 Å². The number of hydrogen-bond acceptors (Lipinski definition) is 3. The topological polar surface area (TPSA) is 44.0 Å². The van der Waals surface area contributed by atoms with Crippen LogP contribution in [0.4, 0.5) is 0 Å². The molecule has 0 bridgehead atoms. The zero-order chi connectivity index (χ0) is 9.38. The highest BCUT2D eigenvalue weighted by Crippen LogP contribution is 2.26. The maximum absolute atomic E-state index is 3.97. The Morgan fingerprint density at radius 2 is 2.14 bits per heavy atom. The average Bonchev–Trinajstić information content (AvgIpc) is 2.78. The second-order valence-electron chi connectivity index (χ2n) is 4.45. The summed E-state index contributed by atoms with van der Waals surface area (Å²) in [5.74, 6) is 1.77. The van der Waals surface area contributed by atoms with Crippen LogP contribution in [0.5, 0.6) is 0 Å². The zero-order valence-corrected chi connectivity index (χ0v) is 8.24. The average molecular weight is 192 g/mol. The van der Waals surface area contributed by atoms with Crippen LogP contribution < -0.4 is 5.32 Å². The van der Waals surface area contributed by atoms with Gasteiger partial charge in [0.2, 0.25) is 0 Å². The van der Waals surface area contributed by atoms with Crippen molar-refractivity contribution in [3.63, 3.8) is 0 Å². The van der Waals surface area contributed by atoms with E-state index >= 15 is 0 Å². The minimum absolute atomic E-state index is 0.887. The molecule has 2 N–H and O–H groups in total. The van der Waals surface area contributed by atoms with Gasteiger partial charge >= 0.3 is 0 Å². The summed E-state index contributed by atoms with van der Waals surface area (Å²) >= 11 is 0. The summed E-state index contributed by atoms with van der Waals surface area (Å²) in [6.07, 6.45) is 1.83. The molecule has 2 saturated heterocycles. The van der Waals surface area contributed by atoms with E-state index in [-0.39, 0.29) is 0 Å². The fraction of sp³-hybridized carbons (Fsp3) is 0.700. The highest BCUT2D eigenvalue weighted by molar-refractivity contribution is 5.00. The van der Waals surface area contributed by atoms with Gasteiger partial charge in [0.15, 0.2) is 0 Å². The van der Waals surface area contributed by atoms with Crippen molar-refractivity contribution in [1.82, 2.24) is 20.4 Å². The summed E-state index contributed by atoms with van der Waals surface area (Å²) in [6.45, 7) is 5.95. The van der Waals surface area contributed by atoms with Crippen LogP contribution in [-0.4, -0.2) is 41.3 Å². The molecule has 0 radical (unpaired) electrons. The van der Waals surface area contributed by atoms with Crippen molar-refractivity contribution in [3.05, 3.63) is 18.0 Å². The SMILES string of the molecule is c1cc(CN2CC3CNCC3C2)[nH]n1. The van der Waals surface area contributed by atoms with Crippen LogP contribution >= 0.6 is 0 Å². The molecule has 0 amide bonds. The van der Waals surface area contributed by atoms with E-state index in [0.717, 1.165) is 18.4 Å². The third-order valence-electron chi connectivity index (χ3n) is 3.42. The highest BCUT2D eigenvalue weighted by Gasteiger charge is 2.35. The van der Waals surface area contributed by atoms with E-state index in [0.29, 0.717) is 0 Å². The van der Waals surface area contributed by atoms with E-state index < -0.39 is 0 Å². The van der Waals surface area contributed by atoms with E-state index in [2.05, 4.69) is 26.5 Å². The van der Waals surface area contributed by atoms with Gasteiger partial charge in [0.25, 0.3) is 0 Å². The number of H-pyrrole nitrogens is 1. The van der Waals surface area contributed by atoms with Gasteiger partial charge in [-0.05, 0) is 31.0 Å². The number of aromatic nitrogens is 2. The van der Waals surface area contributed by atoms with E-state index in [4.69, 9.17) is 0 Å². The van der Waals surface area contributed by atoms with Gasteiger partial charge in [-0.3, -0.25) is 10.00 Å². The maximum atomic E-state index is 3.97. The summed E-state index contributed by atoms with van der Waals surface area (Å²) < 4.78 is 0. The van der Waals surface area contributed by atoms with Crippen LogP contribution in [0.15, 0.2) is 12.3 Å². The predicted octanol–water partition coefficient (Wildman–Crippen LogP) is 0.0609. The van der Waals surface area contributed by atoms with E-state index in [1.165, 1.54) is 31.9 Å². The Balaban J connectivity index is 1.61. The number of hydrogen-bond donors (Lipinski definition) is 2. The van der Waals surface area contributed by atoms with Crippen LogP contribution in [0, 0.1) is 11.8 Å². The van der Waals surface area contributed by atoms with Crippen LogP contribution in [-0.2, 0) is 6.54 Å². The number of nitrogens with zero attached hydrogens (tertiary/aromatic N) is 2. The summed E-state index contributed by atoms with van der Waals surface area (Å²) in [7, 11) is 0. The zero-order valence-electron chi connectivity index (χ0n) is 8.24. The summed E-state index contributed by atoms with van der Waals surface area (Å²) in [4.78, 5) is 2.53. The highest BCUT2D eigenvalue weighted by atomic mass is 15.2. The second-order valence-corrected chi connectivity index (χ2v) is 4.45. The first-order valence-electron chi connectivity index (χ1n) is 5.33. The van der Waals surface area contributed by atoms with Crippen LogP contribution in [0.3, 0.4) is 0 Å². The molecule has 1 aromatic heterocycles. The van der Waals surface area contributed by atoms with Gasteiger partial charge in [-0.25, -0.2) is 0 Å². The quantitative estimate of drug-likeness (QED) is 0.696. The minimum atomic E-state index is 0.887. The van der Waals surface area contributed by atoms with Gasteiger partial charge in [0, 0.05) is 31.5 Å². The van der Waals surface area contributed by atoms with Crippen LogP contribution in [0.2, 0.25) is 0 Å². The fourth-order valence-electron chi connectivity index (χ4n) is 2.70. The molecule has 3 heterocycles. The molecule has 4 nitrogen and oxygen atoms in total. The minimum Gasteiger partial charge on any atom is -0.316 e. The number of nitrogens with one attached hydrogen (secondary N) is 2. The molecule has 1 aromatic rings. The first-order valence-corrected chi connectivity index (χ1v) is 5.33. The number of likely N-dealkylation sites (tertiary alicyclic amines) is 1. The van der Waals surface area contributed by atoms with Gasteiger partial charge in [0.1, 0.15) is 0 Å². The third-order valence-corrected chi connectivity index (χ3v) is 3.42. The van der Waals surface area contributed by atoms with Crippen LogP contribution in [0.1, 0.15) is 5.69 Å². The van der Waals surface area contributed by atoms with Gasteiger partial charge < -0.3 is 5.32 Å². The van der Waals surface area contributed by atoms with E-state index in [9.17, 15) is 0 Å². The smallest absolute Gasteiger partial charge is 0.0492 e. The Labute approximate surface area is 83.7 Å². The van der Waals surface area contributed by atoms with Gasteiger partial charge in [-0.2, -0.15) is 5.10 Å². The first kappa shape index (κ1) is 8.44. The third kappa shape index (κ3) is 1.44. The molecule has 76 valence electrons. The van der Waals surface area contributed by atoms with Crippen molar-refractivity contribution in [3.8, 4) is 0 Å². The molecular formula is C10H16N4. The van der Waals surface area contributed by atoms with E-state index in [1.54, 1.807) is 0 Å². The molecule has 2 aliphatic rings. The predicted molar refractivity (Wildman–Crippen MR) is 53.7 cm³/mol. The van der Waals surface area contributed by atoms with E-state index in [1.807, 2.05) is 6.20 Å². The molecule has 0 aromatic carbocycles. The lowest BCUT2D eigenvalue weighted by Gasteiger charge is -2.15. The Morgan fingerprint density at radius 3 is 2.79 bits per heavy atom. The van der Waals surface area contributed by atoms with Crippen molar-refractivity contribution in [2.24, 2.45) is 11.8 Å². The molecule has 0 spiro atoms. The molecule has 0 saturated carbocycles. The lowest BCUT2D eigenvalue weighted by atomic mass is 10.0. The molecule has 3 rings (SSSR count). The fourth-order valence-corrected chi connectivity index (χ4v) is 2.70. The lowest BCUT2D eigenvalue weighted by Crippen LogP contribution is -2.25.